The van der Waals surface area contributed by atoms with Crippen molar-refractivity contribution in [3.05, 3.63) is 63.6 Å². The van der Waals surface area contributed by atoms with Crippen LogP contribution in [0.5, 0.6) is 0 Å². The van der Waals surface area contributed by atoms with E-state index in [0.717, 1.165) is 27.8 Å². The number of benzene rings is 2. The Balaban J connectivity index is 1.63. The SMILES string of the molecule is Cc1ccc(NC(=O)NCc2ccc3[nH]c(=O)[nH]c3c2)cc1C. The highest BCUT2D eigenvalue weighted by Crippen LogP contribution is 2.14. The zero-order valence-electron chi connectivity index (χ0n) is 13.0. The fourth-order valence-electron chi connectivity index (χ4n) is 2.37. The molecule has 118 valence electrons. The van der Waals surface area contributed by atoms with Gasteiger partial charge in [-0.25, -0.2) is 9.59 Å². The Kier molecular flexibility index (Phi) is 3.89. The molecule has 2 amide bonds. The summed E-state index contributed by atoms with van der Waals surface area (Å²) in [5, 5.41) is 5.61. The van der Waals surface area contributed by atoms with Crippen molar-refractivity contribution in [2.24, 2.45) is 0 Å². The molecule has 6 heteroatoms. The molecule has 0 atom stereocenters. The molecule has 0 fully saturated rings. The van der Waals surface area contributed by atoms with Crippen molar-refractivity contribution < 1.29 is 4.79 Å². The van der Waals surface area contributed by atoms with Gasteiger partial charge in [-0.15, -0.1) is 0 Å². The maximum absolute atomic E-state index is 12.0. The van der Waals surface area contributed by atoms with Crippen molar-refractivity contribution in [1.82, 2.24) is 15.3 Å². The number of imidazole rings is 1. The minimum atomic E-state index is -0.268. The largest absolute Gasteiger partial charge is 0.334 e. The number of H-pyrrole nitrogens is 2. The Hall–Kier alpha value is -3.02. The number of amides is 2. The first-order chi connectivity index (χ1) is 11.0. The fraction of sp³-hybridized carbons (Fsp3) is 0.176. The lowest BCUT2D eigenvalue weighted by Gasteiger charge is -2.09. The molecule has 3 rings (SSSR count). The normalized spacial score (nSPS) is 10.7. The molecule has 23 heavy (non-hydrogen) atoms. The van der Waals surface area contributed by atoms with Gasteiger partial charge in [0.05, 0.1) is 11.0 Å². The topological polar surface area (TPSA) is 89.8 Å². The third kappa shape index (κ3) is 3.42. The highest BCUT2D eigenvalue weighted by atomic mass is 16.2. The minimum Gasteiger partial charge on any atom is -0.334 e. The number of aryl methyl sites for hydroxylation is 2. The van der Waals surface area contributed by atoms with E-state index in [1.54, 1.807) is 0 Å². The molecule has 0 radical (unpaired) electrons. The lowest BCUT2D eigenvalue weighted by atomic mass is 10.1. The fourth-order valence-corrected chi connectivity index (χ4v) is 2.37. The van der Waals surface area contributed by atoms with Crippen molar-refractivity contribution >= 4 is 22.8 Å². The van der Waals surface area contributed by atoms with E-state index >= 15 is 0 Å². The number of carbonyl (C=O) groups excluding carboxylic acids is 1. The van der Waals surface area contributed by atoms with Gasteiger partial charge in [-0.3, -0.25) is 0 Å². The molecule has 4 N–H and O–H groups in total. The van der Waals surface area contributed by atoms with E-state index in [4.69, 9.17) is 0 Å². The van der Waals surface area contributed by atoms with Gasteiger partial charge in [-0.1, -0.05) is 12.1 Å². The predicted octanol–water partition coefficient (Wildman–Crippen LogP) is 2.79. The lowest BCUT2D eigenvalue weighted by Crippen LogP contribution is -2.28. The highest BCUT2D eigenvalue weighted by Gasteiger charge is 2.04. The Morgan fingerprint density at radius 3 is 2.57 bits per heavy atom. The number of nitrogens with one attached hydrogen (secondary N) is 4. The van der Waals surface area contributed by atoms with Gasteiger partial charge in [0.2, 0.25) is 0 Å². The number of fused-ring (bicyclic) bond motifs is 1. The van der Waals surface area contributed by atoms with Crippen LogP contribution < -0.4 is 16.3 Å². The third-order valence-electron chi connectivity index (χ3n) is 3.80. The first-order valence-electron chi connectivity index (χ1n) is 7.34. The standard InChI is InChI=1S/C17H18N4O2/c1-10-3-5-13(7-11(10)2)19-16(22)18-9-12-4-6-14-15(8-12)21-17(23)20-14/h3-8H,9H2,1-2H3,(H2,18,19,22)(H2,20,21,23). The number of aromatic nitrogens is 2. The van der Waals surface area contributed by atoms with E-state index in [2.05, 4.69) is 20.6 Å². The summed E-state index contributed by atoms with van der Waals surface area (Å²) in [7, 11) is 0. The van der Waals surface area contributed by atoms with Crippen molar-refractivity contribution in [2.45, 2.75) is 20.4 Å². The van der Waals surface area contributed by atoms with Crippen LogP contribution in [-0.2, 0) is 6.54 Å². The molecule has 0 aliphatic heterocycles. The molecule has 0 saturated carbocycles. The summed E-state index contributed by atoms with van der Waals surface area (Å²) in [6.45, 7) is 4.41. The quantitative estimate of drug-likeness (QED) is 0.599. The van der Waals surface area contributed by atoms with Crippen LogP contribution in [0, 0.1) is 13.8 Å². The van der Waals surface area contributed by atoms with Crippen LogP contribution in [0.4, 0.5) is 10.5 Å². The molecule has 0 saturated heterocycles. The maximum atomic E-state index is 12.0. The molecule has 3 aromatic rings. The molecule has 0 aliphatic rings. The number of carbonyl (C=O) groups is 1. The van der Waals surface area contributed by atoms with E-state index in [9.17, 15) is 9.59 Å². The van der Waals surface area contributed by atoms with Gasteiger partial charge in [0.1, 0.15) is 0 Å². The van der Waals surface area contributed by atoms with Crippen LogP contribution in [0.3, 0.4) is 0 Å². The van der Waals surface area contributed by atoms with Crippen molar-refractivity contribution in [1.29, 1.82) is 0 Å². The first kappa shape index (κ1) is 14.9. The molecule has 1 aromatic heterocycles. The monoisotopic (exact) mass is 310 g/mol. The van der Waals surface area contributed by atoms with Gasteiger partial charge < -0.3 is 20.6 Å². The average molecular weight is 310 g/mol. The van der Waals surface area contributed by atoms with Gasteiger partial charge in [0.15, 0.2) is 0 Å². The zero-order chi connectivity index (χ0) is 16.4. The summed E-state index contributed by atoms with van der Waals surface area (Å²) < 4.78 is 0. The second kappa shape index (κ2) is 6.00. The number of hydrogen-bond acceptors (Lipinski definition) is 2. The van der Waals surface area contributed by atoms with E-state index in [0.29, 0.717) is 6.54 Å². The summed E-state index contributed by atoms with van der Waals surface area (Å²) in [5.41, 5.74) is 5.22. The summed E-state index contributed by atoms with van der Waals surface area (Å²) in [6.07, 6.45) is 0. The van der Waals surface area contributed by atoms with Crippen molar-refractivity contribution in [2.75, 3.05) is 5.32 Å². The Morgan fingerprint density at radius 1 is 1.00 bits per heavy atom. The van der Waals surface area contributed by atoms with Crippen molar-refractivity contribution in [3.63, 3.8) is 0 Å². The summed E-state index contributed by atoms with van der Waals surface area (Å²) in [6, 6.07) is 11.0. The van der Waals surface area contributed by atoms with Gasteiger partial charge in [0.25, 0.3) is 0 Å². The molecule has 0 unspecified atom stereocenters. The molecular formula is C17H18N4O2. The third-order valence-corrected chi connectivity index (χ3v) is 3.80. The molecule has 1 heterocycles. The molecule has 2 aromatic carbocycles. The number of anilines is 1. The molecule has 6 nitrogen and oxygen atoms in total. The number of urea groups is 1. The zero-order valence-corrected chi connectivity index (χ0v) is 13.0. The van der Waals surface area contributed by atoms with Crippen LogP contribution in [0.15, 0.2) is 41.2 Å². The van der Waals surface area contributed by atoms with Crippen LogP contribution >= 0.6 is 0 Å². The Labute approximate surface area is 132 Å². The number of hydrogen-bond donors (Lipinski definition) is 4. The summed E-state index contributed by atoms with van der Waals surface area (Å²) >= 11 is 0. The van der Waals surface area contributed by atoms with E-state index in [-0.39, 0.29) is 11.7 Å². The molecular weight excluding hydrogens is 292 g/mol. The average Bonchev–Trinajstić information content (AvgIpc) is 2.88. The minimum absolute atomic E-state index is 0.238. The molecule has 0 spiro atoms. The van der Waals surface area contributed by atoms with Crippen molar-refractivity contribution in [3.8, 4) is 0 Å². The highest BCUT2D eigenvalue weighted by molar-refractivity contribution is 5.89. The summed E-state index contributed by atoms with van der Waals surface area (Å²) in [5.74, 6) is 0. The lowest BCUT2D eigenvalue weighted by molar-refractivity contribution is 0.251. The number of rotatable bonds is 3. The predicted molar refractivity (Wildman–Crippen MR) is 90.7 cm³/mol. The van der Waals surface area contributed by atoms with E-state index in [1.807, 2.05) is 50.2 Å². The summed E-state index contributed by atoms with van der Waals surface area (Å²) in [4.78, 5) is 28.6. The van der Waals surface area contributed by atoms with Crippen LogP contribution in [0.1, 0.15) is 16.7 Å². The van der Waals surface area contributed by atoms with Gasteiger partial charge in [-0.05, 0) is 54.8 Å². The molecule has 0 aliphatic carbocycles. The Bertz CT molecular complexity index is 924. The van der Waals surface area contributed by atoms with Crippen LogP contribution in [-0.4, -0.2) is 16.0 Å². The smallest absolute Gasteiger partial charge is 0.323 e. The number of aromatic amines is 2. The van der Waals surface area contributed by atoms with Gasteiger partial charge in [-0.2, -0.15) is 0 Å². The second-order valence-corrected chi connectivity index (χ2v) is 5.57. The van der Waals surface area contributed by atoms with Crippen LogP contribution in [0.2, 0.25) is 0 Å². The van der Waals surface area contributed by atoms with E-state index < -0.39 is 0 Å². The first-order valence-corrected chi connectivity index (χ1v) is 7.34. The molecule has 0 bridgehead atoms. The maximum Gasteiger partial charge on any atom is 0.323 e. The van der Waals surface area contributed by atoms with Gasteiger partial charge >= 0.3 is 11.7 Å². The Morgan fingerprint density at radius 2 is 1.78 bits per heavy atom. The van der Waals surface area contributed by atoms with Gasteiger partial charge in [0, 0.05) is 12.2 Å². The van der Waals surface area contributed by atoms with Crippen LogP contribution in [0.25, 0.3) is 11.0 Å². The second-order valence-electron chi connectivity index (χ2n) is 5.57. The van der Waals surface area contributed by atoms with E-state index in [1.165, 1.54) is 5.56 Å².